The average molecular weight is 244 g/mol. The Hall–Kier alpha value is -1.76. The highest BCUT2D eigenvalue weighted by molar-refractivity contribution is 5.93. The minimum Gasteiger partial charge on any atom is -0.325 e. The van der Waals surface area contributed by atoms with E-state index in [0.717, 1.165) is 25.0 Å². The lowest BCUT2D eigenvalue weighted by Gasteiger charge is -2.09. The summed E-state index contributed by atoms with van der Waals surface area (Å²) < 4.78 is 38.5. The second kappa shape index (κ2) is 4.62. The van der Waals surface area contributed by atoms with Crippen LogP contribution in [0.4, 0.5) is 18.9 Å². The van der Waals surface area contributed by atoms with Crippen molar-refractivity contribution in [1.82, 2.24) is 5.43 Å². The first-order valence-electron chi connectivity index (χ1n) is 5.06. The van der Waals surface area contributed by atoms with Gasteiger partial charge in [0.2, 0.25) is 5.96 Å². The van der Waals surface area contributed by atoms with E-state index < -0.39 is 17.5 Å². The first-order chi connectivity index (χ1) is 8.10. The Morgan fingerprint density at radius 3 is 2.29 bits per heavy atom. The van der Waals surface area contributed by atoms with Crippen LogP contribution in [0.2, 0.25) is 0 Å². The first kappa shape index (κ1) is 11.7. The summed E-state index contributed by atoms with van der Waals surface area (Å²) in [5.74, 6) is 1.35. The number of hydrazine groups is 1. The van der Waals surface area contributed by atoms with Gasteiger partial charge in [0, 0.05) is 17.8 Å². The summed E-state index contributed by atoms with van der Waals surface area (Å²) in [7, 11) is 0. The standard InChI is InChI=1S/C10H11F3N4/c11-7-3-6(4-8(12)9(7)13)16-10(17-14)15-5-1-2-5/h3-5H,1-2,14H2,(H2,15,16,17). The third-order valence-electron chi connectivity index (χ3n) is 2.24. The minimum absolute atomic E-state index is 0.0405. The number of benzene rings is 1. The van der Waals surface area contributed by atoms with Crippen LogP contribution in [0.25, 0.3) is 0 Å². The fourth-order valence-corrected chi connectivity index (χ4v) is 1.26. The van der Waals surface area contributed by atoms with Crippen molar-refractivity contribution in [2.24, 2.45) is 10.8 Å². The van der Waals surface area contributed by atoms with E-state index in [0.29, 0.717) is 0 Å². The van der Waals surface area contributed by atoms with Gasteiger partial charge in [-0.25, -0.2) is 24.0 Å². The topological polar surface area (TPSA) is 62.4 Å². The van der Waals surface area contributed by atoms with Crippen LogP contribution in [0.5, 0.6) is 0 Å². The Labute approximate surface area is 95.7 Å². The molecule has 1 aliphatic carbocycles. The molecular formula is C10H11F3N4. The quantitative estimate of drug-likeness (QED) is 0.243. The van der Waals surface area contributed by atoms with Crippen molar-refractivity contribution < 1.29 is 13.2 Å². The molecule has 0 spiro atoms. The first-order valence-corrected chi connectivity index (χ1v) is 5.06. The Bertz CT molecular complexity index is 434. The maximum Gasteiger partial charge on any atom is 0.210 e. The number of hydrogen-bond donors (Lipinski definition) is 3. The van der Waals surface area contributed by atoms with Crippen molar-refractivity contribution >= 4 is 11.6 Å². The molecule has 1 aliphatic rings. The van der Waals surface area contributed by atoms with E-state index in [4.69, 9.17) is 5.84 Å². The monoisotopic (exact) mass is 244 g/mol. The van der Waals surface area contributed by atoms with Crippen LogP contribution in [0.3, 0.4) is 0 Å². The number of guanidine groups is 1. The van der Waals surface area contributed by atoms with E-state index in [1.165, 1.54) is 0 Å². The smallest absolute Gasteiger partial charge is 0.210 e. The molecule has 0 atom stereocenters. The van der Waals surface area contributed by atoms with Crippen LogP contribution in [0, 0.1) is 17.5 Å². The van der Waals surface area contributed by atoms with Gasteiger partial charge in [0.15, 0.2) is 17.5 Å². The molecule has 2 rings (SSSR count). The fraction of sp³-hybridized carbons (Fsp3) is 0.300. The molecule has 1 saturated carbocycles. The van der Waals surface area contributed by atoms with Crippen LogP contribution in [0.1, 0.15) is 12.8 Å². The number of nitrogens with two attached hydrogens (primary N) is 1. The number of rotatable bonds is 2. The largest absolute Gasteiger partial charge is 0.325 e. The van der Waals surface area contributed by atoms with Gasteiger partial charge in [-0.15, -0.1) is 0 Å². The molecule has 4 N–H and O–H groups in total. The SMILES string of the molecule is NNC(=NC1CC1)Nc1cc(F)c(F)c(F)c1. The van der Waals surface area contributed by atoms with Crippen molar-refractivity contribution in [3.63, 3.8) is 0 Å². The number of hydrogen-bond acceptors (Lipinski definition) is 2. The summed E-state index contributed by atoms with van der Waals surface area (Å²) in [6, 6.07) is 1.85. The van der Waals surface area contributed by atoms with E-state index >= 15 is 0 Å². The molecule has 0 amide bonds. The molecule has 0 unspecified atom stereocenters. The highest BCUT2D eigenvalue weighted by atomic mass is 19.2. The lowest BCUT2D eigenvalue weighted by Crippen LogP contribution is -2.36. The minimum atomic E-state index is -1.50. The van der Waals surface area contributed by atoms with Crippen LogP contribution < -0.4 is 16.6 Å². The lowest BCUT2D eigenvalue weighted by atomic mass is 10.3. The molecule has 17 heavy (non-hydrogen) atoms. The maximum atomic E-state index is 12.9. The van der Waals surface area contributed by atoms with Gasteiger partial charge in [-0.2, -0.15) is 0 Å². The van der Waals surface area contributed by atoms with E-state index in [1.54, 1.807) is 0 Å². The highest BCUT2D eigenvalue weighted by Crippen LogP contribution is 2.23. The van der Waals surface area contributed by atoms with Crippen LogP contribution in [-0.4, -0.2) is 12.0 Å². The average Bonchev–Trinajstić information content (AvgIpc) is 3.08. The highest BCUT2D eigenvalue weighted by Gasteiger charge is 2.21. The molecule has 92 valence electrons. The van der Waals surface area contributed by atoms with Crippen molar-refractivity contribution in [2.45, 2.75) is 18.9 Å². The molecule has 0 heterocycles. The molecular weight excluding hydrogens is 233 g/mol. The van der Waals surface area contributed by atoms with Gasteiger partial charge in [0.25, 0.3) is 0 Å². The summed E-state index contributed by atoms with van der Waals surface area (Å²) >= 11 is 0. The summed E-state index contributed by atoms with van der Waals surface area (Å²) in [5.41, 5.74) is 2.32. The van der Waals surface area contributed by atoms with Gasteiger partial charge in [0.1, 0.15) is 0 Å². The molecule has 1 fully saturated rings. The van der Waals surface area contributed by atoms with E-state index in [1.807, 2.05) is 0 Å². The summed E-state index contributed by atoms with van der Waals surface area (Å²) in [5, 5.41) is 2.58. The molecule has 0 aromatic heterocycles. The van der Waals surface area contributed by atoms with Crippen molar-refractivity contribution in [1.29, 1.82) is 0 Å². The van der Waals surface area contributed by atoms with Crippen molar-refractivity contribution in [2.75, 3.05) is 5.32 Å². The molecule has 1 aromatic carbocycles. The summed E-state index contributed by atoms with van der Waals surface area (Å²) in [6.45, 7) is 0. The van der Waals surface area contributed by atoms with Gasteiger partial charge in [-0.05, 0) is 12.8 Å². The van der Waals surface area contributed by atoms with Crippen molar-refractivity contribution in [3.8, 4) is 0 Å². The molecule has 0 saturated heterocycles. The zero-order valence-electron chi connectivity index (χ0n) is 8.80. The summed E-state index contributed by atoms with van der Waals surface area (Å²) in [6.07, 6.45) is 1.91. The number of nitrogens with one attached hydrogen (secondary N) is 2. The van der Waals surface area contributed by atoms with Crippen molar-refractivity contribution in [3.05, 3.63) is 29.6 Å². The predicted octanol–water partition coefficient (Wildman–Crippen LogP) is 1.50. The lowest BCUT2D eigenvalue weighted by molar-refractivity contribution is 0.448. The van der Waals surface area contributed by atoms with Crippen LogP contribution in [0.15, 0.2) is 17.1 Å². The van der Waals surface area contributed by atoms with Gasteiger partial charge < -0.3 is 5.32 Å². The zero-order chi connectivity index (χ0) is 12.4. The van der Waals surface area contributed by atoms with Gasteiger partial charge >= 0.3 is 0 Å². The Balaban J connectivity index is 2.17. The number of nitrogens with zero attached hydrogens (tertiary/aromatic N) is 1. The van der Waals surface area contributed by atoms with E-state index in [2.05, 4.69) is 15.7 Å². The second-order valence-corrected chi connectivity index (χ2v) is 3.73. The van der Waals surface area contributed by atoms with Gasteiger partial charge in [0.05, 0.1) is 6.04 Å². The van der Waals surface area contributed by atoms with Crippen LogP contribution >= 0.6 is 0 Å². The van der Waals surface area contributed by atoms with E-state index in [-0.39, 0.29) is 17.7 Å². The second-order valence-electron chi connectivity index (χ2n) is 3.73. The van der Waals surface area contributed by atoms with Gasteiger partial charge in [-0.3, -0.25) is 5.43 Å². The Morgan fingerprint density at radius 1 is 1.24 bits per heavy atom. The Kier molecular flexibility index (Phi) is 3.19. The normalized spacial score (nSPS) is 15.9. The molecule has 0 aliphatic heterocycles. The molecule has 7 heteroatoms. The van der Waals surface area contributed by atoms with Crippen LogP contribution in [-0.2, 0) is 0 Å². The third-order valence-corrected chi connectivity index (χ3v) is 2.24. The Morgan fingerprint density at radius 2 is 1.82 bits per heavy atom. The molecule has 4 nitrogen and oxygen atoms in total. The van der Waals surface area contributed by atoms with Gasteiger partial charge in [-0.1, -0.05) is 0 Å². The maximum absolute atomic E-state index is 12.9. The predicted molar refractivity (Wildman–Crippen MR) is 57.7 cm³/mol. The third kappa shape index (κ3) is 2.88. The number of halogens is 3. The summed E-state index contributed by atoms with van der Waals surface area (Å²) in [4.78, 5) is 4.11. The number of aliphatic imine (C=N–C) groups is 1. The molecule has 1 aromatic rings. The zero-order valence-corrected chi connectivity index (χ0v) is 8.80. The molecule has 0 radical (unpaired) electrons. The van der Waals surface area contributed by atoms with E-state index in [9.17, 15) is 13.2 Å². The molecule has 0 bridgehead atoms. The number of anilines is 1. The fourth-order valence-electron chi connectivity index (χ4n) is 1.26.